The van der Waals surface area contributed by atoms with Crippen LogP contribution in [-0.4, -0.2) is 106 Å². The van der Waals surface area contributed by atoms with Gasteiger partial charge in [-0.05, 0) is 122 Å². The quantitative estimate of drug-likeness (QED) is 0.348. The normalized spacial score (nSPS) is 26.1. The van der Waals surface area contributed by atoms with Crippen LogP contribution in [0.2, 0.25) is 0 Å². The number of nitrogens with one attached hydrogen (secondary N) is 2. The number of hydroxylamine groups is 2. The van der Waals surface area contributed by atoms with Crippen LogP contribution in [0.25, 0.3) is 0 Å². The first-order chi connectivity index (χ1) is 20.9. The lowest BCUT2D eigenvalue weighted by atomic mass is 9.78. The van der Waals surface area contributed by atoms with E-state index in [2.05, 4.69) is 128 Å². The van der Waals surface area contributed by atoms with Crippen molar-refractivity contribution in [3.8, 4) is 0 Å². The van der Waals surface area contributed by atoms with Crippen LogP contribution in [0.1, 0.15) is 122 Å². The Bertz CT molecular complexity index is 1100. The molecule has 4 N–H and O–H groups in total. The SMILES string of the molecule is CON1C(C)(C)CC(N(CCN)c2nc(N(C)C3CC(C)(C)NC(C)(C)C3)nc(N(C)C3CC(C)(C)NC(C)(C)C3)n2)CC1(C)C. The van der Waals surface area contributed by atoms with Gasteiger partial charge in [-0.2, -0.15) is 20.0 Å². The minimum Gasteiger partial charge on any atom is -0.341 e. The van der Waals surface area contributed by atoms with Gasteiger partial charge in [-0.1, -0.05) is 0 Å². The van der Waals surface area contributed by atoms with Gasteiger partial charge in [0, 0.05) is 78.5 Å². The molecule has 0 radical (unpaired) electrons. The molecule has 3 aliphatic heterocycles. The van der Waals surface area contributed by atoms with Gasteiger partial charge in [-0.25, -0.2) is 0 Å². The molecule has 3 saturated heterocycles. The van der Waals surface area contributed by atoms with Crippen LogP contribution < -0.4 is 31.1 Å². The molecule has 0 aliphatic carbocycles. The Labute approximate surface area is 280 Å². The fraction of sp³-hybridized carbons (Fsp3) is 0.914. The van der Waals surface area contributed by atoms with E-state index in [9.17, 15) is 0 Å². The highest BCUT2D eigenvalue weighted by Gasteiger charge is 2.48. The van der Waals surface area contributed by atoms with Gasteiger partial charge in [0.1, 0.15) is 0 Å². The maximum absolute atomic E-state index is 6.33. The third-order valence-electron chi connectivity index (χ3n) is 10.5. The predicted molar refractivity (Wildman–Crippen MR) is 192 cm³/mol. The number of piperidine rings is 3. The number of anilines is 3. The van der Waals surface area contributed by atoms with Crippen LogP contribution in [0.4, 0.5) is 17.8 Å². The summed E-state index contributed by atoms with van der Waals surface area (Å²) in [4.78, 5) is 28.7. The average Bonchev–Trinajstić information content (AvgIpc) is 2.85. The van der Waals surface area contributed by atoms with Crippen LogP contribution >= 0.6 is 0 Å². The second kappa shape index (κ2) is 12.6. The molecule has 4 rings (SSSR count). The standard InChI is InChI=1S/C35H68N10O/c1-30(2)18-24(19-31(3,4)40-30)42(13)27-37-28(43(14)25-20-32(5,6)41-33(7,8)21-25)39-29(38-27)44(17-16-36)26-22-34(9,10)45(46-15)35(11,12)23-26/h24-26,40-41H,16-23,36H2,1-15H3. The molecule has 0 aromatic carbocycles. The summed E-state index contributed by atoms with van der Waals surface area (Å²) in [5.74, 6) is 2.17. The summed E-state index contributed by atoms with van der Waals surface area (Å²) in [7, 11) is 6.11. The summed E-state index contributed by atoms with van der Waals surface area (Å²) >= 11 is 0. The monoisotopic (exact) mass is 645 g/mol. The molecule has 1 aromatic rings. The van der Waals surface area contributed by atoms with E-state index in [0.717, 1.165) is 50.4 Å². The van der Waals surface area contributed by atoms with Crippen molar-refractivity contribution < 1.29 is 4.84 Å². The average molecular weight is 645 g/mol. The van der Waals surface area contributed by atoms with Crippen molar-refractivity contribution in [1.82, 2.24) is 30.6 Å². The zero-order valence-corrected chi connectivity index (χ0v) is 32.0. The molecule has 11 nitrogen and oxygen atoms in total. The molecule has 0 amide bonds. The third-order valence-corrected chi connectivity index (χ3v) is 10.5. The molecule has 46 heavy (non-hydrogen) atoms. The van der Waals surface area contributed by atoms with Crippen molar-refractivity contribution in [2.75, 3.05) is 49.0 Å². The summed E-state index contributed by atoms with van der Waals surface area (Å²) < 4.78 is 0. The van der Waals surface area contributed by atoms with E-state index in [1.54, 1.807) is 7.11 Å². The smallest absolute Gasteiger partial charge is 0.232 e. The highest BCUT2D eigenvalue weighted by atomic mass is 16.7. The topological polar surface area (TPSA) is 111 Å². The van der Waals surface area contributed by atoms with E-state index in [1.165, 1.54) is 0 Å². The molecule has 4 heterocycles. The number of hydrogen-bond donors (Lipinski definition) is 3. The van der Waals surface area contributed by atoms with E-state index in [4.69, 9.17) is 25.5 Å². The Morgan fingerprint density at radius 1 is 0.630 bits per heavy atom. The van der Waals surface area contributed by atoms with Crippen LogP contribution in [0.15, 0.2) is 0 Å². The lowest BCUT2D eigenvalue weighted by Gasteiger charge is -2.55. The predicted octanol–water partition coefficient (Wildman–Crippen LogP) is 4.71. The van der Waals surface area contributed by atoms with Crippen LogP contribution in [0.3, 0.4) is 0 Å². The third kappa shape index (κ3) is 8.25. The minimum absolute atomic E-state index is 0.000488. The van der Waals surface area contributed by atoms with Crippen molar-refractivity contribution in [2.45, 2.75) is 173 Å². The fourth-order valence-electron chi connectivity index (χ4n) is 9.71. The molecular formula is C35H68N10O. The number of nitrogens with zero attached hydrogens (tertiary/aromatic N) is 7. The van der Waals surface area contributed by atoms with E-state index in [1.807, 2.05) is 0 Å². The van der Waals surface area contributed by atoms with Crippen LogP contribution in [-0.2, 0) is 4.84 Å². The van der Waals surface area contributed by atoms with Crippen molar-refractivity contribution in [1.29, 1.82) is 0 Å². The first-order valence-electron chi connectivity index (χ1n) is 17.5. The summed E-state index contributed by atoms with van der Waals surface area (Å²) in [5.41, 5.74) is 5.97. The van der Waals surface area contributed by atoms with E-state index >= 15 is 0 Å². The lowest BCUT2D eigenvalue weighted by Crippen LogP contribution is -2.64. The molecular weight excluding hydrogens is 576 g/mol. The van der Waals surface area contributed by atoms with Gasteiger partial charge >= 0.3 is 0 Å². The Hall–Kier alpha value is -1.79. The van der Waals surface area contributed by atoms with Gasteiger partial charge in [0.25, 0.3) is 0 Å². The molecule has 0 unspecified atom stereocenters. The van der Waals surface area contributed by atoms with Gasteiger partial charge in [-0.15, -0.1) is 0 Å². The lowest BCUT2D eigenvalue weighted by molar-refractivity contribution is -0.266. The fourth-order valence-corrected chi connectivity index (χ4v) is 9.71. The maximum atomic E-state index is 6.33. The number of nitrogens with two attached hydrogens (primary N) is 1. The second-order valence-electron chi connectivity index (χ2n) is 18.5. The van der Waals surface area contributed by atoms with Gasteiger partial charge in [0.05, 0.1) is 7.11 Å². The van der Waals surface area contributed by atoms with Gasteiger partial charge in [0.15, 0.2) is 0 Å². The van der Waals surface area contributed by atoms with Crippen molar-refractivity contribution >= 4 is 17.8 Å². The zero-order chi connectivity index (χ0) is 34.7. The molecule has 3 fully saturated rings. The molecule has 3 aliphatic rings. The Kier molecular flexibility index (Phi) is 10.1. The Balaban J connectivity index is 1.81. The molecule has 0 spiro atoms. The van der Waals surface area contributed by atoms with Crippen LogP contribution in [0, 0.1) is 0 Å². The highest BCUT2D eigenvalue weighted by Crippen LogP contribution is 2.42. The van der Waals surface area contributed by atoms with E-state index in [-0.39, 0.29) is 51.4 Å². The number of rotatable bonds is 9. The van der Waals surface area contributed by atoms with Crippen LogP contribution in [0.5, 0.6) is 0 Å². The minimum atomic E-state index is -0.182. The van der Waals surface area contributed by atoms with Gasteiger partial charge < -0.3 is 35.9 Å². The first-order valence-corrected chi connectivity index (χ1v) is 17.5. The Morgan fingerprint density at radius 3 is 1.30 bits per heavy atom. The molecule has 1 aromatic heterocycles. The largest absolute Gasteiger partial charge is 0.341 e. The van der Waals surface area contributed by atoms with Crippen molar-refractivity contribution in [3.63, 3.8) is 0 Å². The number of hydrogen-bond acceptors (Lipinski definition) is 11. The molecule has 0 atom stereocenters. The maximum Gasteiger partial charge on any atom is 0.232 e. The Morgan fingerprint density at radius 2 is 0.978 bits per heavy atom. The summed E-state index contributed by atoms with van der Waals surface area (Å²) in [6.45, 7) is 28.6. The highest BCUT2D eigenvalue weighted by molar-refractivity contribution is 5.48. The van der Waals surface area contributed by atoms with Gasteiger partial charge in [-0.3, -0.25) is 0 Å². The summed E-state index contributed by atoms with van der Waals surface area (Å²) in [6.07, 6.45) is 5.81. The first kappa shape index (κ1) is 37.0. The molecule has 11 heteroatoms. The number of aromatic nitrogens is 3. The summed E-state index contributed by atoms with van der Waals surface area (Å²) in [6, 6.07) is 0.747. The van der Waals surface area contributed by atoms with Crippen molar-refractivity contribution in [2.24, 2.45) is 5.73 Å². The molecule has 0 bridgehead atoms. The zero-order valence-electron chi connectivity index (χ0n) is 32.0. The van der Waals surface area contributed by atoms with Gasteiger partial charge in [0.2, 0.25) is 17.8 Å². The van der Waals surface area contributed by atoms with E-state index in [0.29, 0.717) is 19.0 Å². The van der Waals surface area contributed by atoms with E-state index < -0.39 is 0 Å². The van der Waals surface area contributed by atoms with Crippen molar-refractivity contribution in [3.05, 3.63) is 0 Å². The molecule has 0 saturated carbocycles. The summed E-state index contributed by atoms with van der Waals surface area (Å²) in [5, 5.41) is 9.83. The molecule has 264 valence electrons. The second-order valence-corrected chi connectivity index (χ2v) is 18.5.